The summed E-state index contributed by atoms with van der Waals surface area (Å²) in [5.74, 6) is 0.722. The Labute approximate surface area is 320 Å². The van der Waals surface area contributed by atoms with Crippen molar-refractivity contribution in [2.45, 2.75) is 19.3 Å². The molecule has 1 aliphatic rings. The van der Waals surface area contributed by atoms with Crippen LogP contribution in [0.15, 0.2) is 182 Å². The molecule has 1 aliphatic carbocycles. The molecule has 258 valence electrons. The van der Waals surface area contributed by atoms with Gasteiger partial charge in [0.15, 0.2) is 5.82 Å². The lowest BCUT2D eigenvalue weighted by atomic mass is 9.81. The monoisotopic (exact) mass is 700 g/mol. The first kappa shape index (κ1) is 31.6. The molecule has 55 heavy (non-hydrogen) atoms. The third-order valence-electron chi connectivity index (χ3n) is 11.9. The summed E-state index contributed by atoms with van der Waals surface area (Å²) in [6.45, 7) is 4.69. The van der Waals surface area contributed by atoms with Gasteiger partial charge in [-0.1, -0.05) is 172 Å². The van der Waals surface area contributed by atoms with Crippen LogP contribution >= 0.6 is 0 Å². The molecule has 2 nitrogen and oxygen atoms in total. The predicted molar refractivity (Wildman–Crippen MR) is 231 cm³/mol. The smallest absolute Gasteiger partial charge is 0.160 e. The van der Waals surface area contributed by atoms with Crippen molar-refractivity contribution < 1.29 is 0 Å². The first-order chi connectivity index (χ1) is 27.0. The van der Waals surface area contributed by atoms with E-state index in [-0.39, 0.29) is 5.41 Å². The van der Waals surface area contributed by atoms with Crippen LogP contribution in [0.4, 0.5) is 0 Å². The molecule has 0 bridgehead atoms. The van der Waals surface area contributed by atoms with Crippen molar-refractivity contribution in [2.75, 3.05) is 0 Å². The van der Waals surface area contributed by atoms with Crippen LogP contribution in [0.25, 0.3) is 99.2 Å². The molecule has 0 saturated heterocycles. The Morgan fingerprint density at radius 1 is 0.345 bits per heavy atom. The van der Waals surface area contributed by atoms with Crippen molar-refractivity contribution in [3.8, 4) is 56.2 Å². The number of nitrogens with zero attached hydrogens (tertiary/aromatic N) is 2. The summed E-state index contributed by atoms with van der Waals surface area (Å²) >= 11 is 0. The van der Waals surface area contributed by atoms with Gasteiger partial charge in [-0.15, -0.1) is 0 Å². The fraction of sp³-hybridized carbons (Fsp3) is 0.0566. The minimum Gasteiger partial charge on any atom is -0.228 e. The predicted octanol–water partition coefficient (Wildman–Crippen LogP) is 14.1. The van der Waals surface area contributed by atoms with E-state index in [1.165, 1.54) is 76.5 Å². The topological polar surface area (TPSA) is 25.8 Å². The fourth-order valence-corrected chi connectivity index (χ4v) is 9.06. The molecular weight excluding hydrogens is 665 g/mol. The van der Waals surface area contributed by atoms with Crippen LogP contribution in [0.2, 0.25) is 0 Å². The summed E-state index contributed by atoms with van der Waals surface area (Å²) in [4.78, 5) is 10.5. The van der Waals surface area contributed by atoms with Gasteiger partial charge in [0.1, 0.15) is 0 Å². The van der Waals surface area contributed by atoms with Gasteiger partial charge in [-0.25, -0.2) is 9.97 Å². The molecule has 1 heterocycles. The van der Waals surface area contributed by atoms with Gasteiger partial charge in [-0.2, -0.15) is 0 Å². The lowest BCUT2D eigenvalue weighted by molar-refractivity contribution is 0.661. The van der Waals surface area contributed by atoms with Gasteiger partial charge in [0, 0.05) is 22.1 Å². The van der Waals surface area contributed by atoms with Crippen molar-refractivity contribution >= 4 is 43.1 Å². The molecule has 1 aromatic heterocycles. The average molecular weight is 701 g/mol. The van der Waals surface area contributed by atoms with E-state index in [0.29, 0.717) is 0 Å². The summed E-state index contributed by atoms with van der Waals surface area (Å²) in [5, 5.41) is 10.2. The first-order valence-corrected chi connectivity index (χ1v) is 19.1. The molecule has 0 atom stereocenters. The zero-order valence-electron chi connectivity index (χ0n) is 30.7. The molecule has 2 heteroatoms. The molecule has 0 saturated carbocycles. The van der Waals surface area contributed by atoms with Crippen LogP contribution in [0.5, 0.6) is 0 Å². The molecule has 0 aliphatic heterocycles. The van der Waals surface area contributed by atoms with Crippen LogP contribution in [0.1, 0.15) is 25.0 Å². The van der Waals surface area contributed by atoms with E-state index in [2.05, 4.69) is 190 Å². The van der Waals surface area contributed by atoms with E-state index in [9.17, 15) is 0 Å². The highest BCUT2D eigenvalue weighted by molar-refractivity contribution is 6.25. The van der Waals surface area contributed by atoms with E-state index in [1.807, 2.05) is 6.07 Å². The molecule has 0 unspecified atom stereocenters. The molecule has 0 radical (unpaired) electrons. The van der Waals surface area contributed by atoms with E-state index < -0.39 is 0 Å². The van der Waals surface area contributed by atoms with E-state index in [1.54, 1.807) is 0 Å². The summed E-state index contributed by atoms with van der Waals surface area (Å²) in [6.07, 6.45) is 0. The minimum absolute atomic E-state index is 0.138. The maximum absolute atomic E-state index is 5.29. The summed E-state index contributed by atoms with van der Waals surface area (Å²) in [7, 11) is 0. The van der Waals surface area contributed by atoms with Crippen molar-refractivity contribution in [1.82, 2.24) is 9.97 Å². The molecule has 10 aromatic rings. The SMILES string of the molecule is CC1(C)c2cc3ccccc3cc2-c2c(-c3cc(-c4ccc(-c5ccc6c7ccccc7c7ccccc7c6c5)cc4)nc(-c4ccccc4)n3)cccc21. The van der Waals surface area contributed by atoms with Gasteiger partial charge >= 0.3 is 0 Å². The van der Waals surface area contributed by atoms with Gasteiger partial charge < -0.3 is 0 Å². The lowest BCUT2D eigenvalue weighted by Gasteiger charge is -2.22. The van der Waals surface area contributed by atoms with Gasteiger partial charge in [0.05, 0.1) is 11.4 Å². The fourth-order valence-electron chi connectivity index (χ4n) is 9.06. The van der Waals surface area contributed by atoms with Crippen LogP contribution in [-0.2, 0) is 5.41 Å². The normalized spacial score (nSPS) is 13.1. The first-order valence-electron chi connectivity index (χ1n) is 19.1. The van der Waals surface area contributed by atoms with Crippen molar-refractivity contribution in [3.05, 3.63) is 193 Å². The number of hydrogen-bond donors (Lipinski definition) is 0. The Hall–Kier alpha value is -6.90. The summed E-state index contributed by atoms with van der Waals surface area (Å²) in [6, 6.07) is 66.0. The van der Waals surface area contributed by atoms with Gasteiger partial charge in [0.2, 0.25) is 0 Å². The number of benzene rings is 9. The van der Waals surface area contributed by atoms with Crippen molar-refractivity contribution in [1.29, 1.82) is 0 Å². The Balaban J connectivity index is 1.05. The average Bonchev–Trinajstić information content (AvgIpc) is 3.48. The van der Waals surface area contributed by atoms with Gasteiger partial charge in [-0.05, 0) is 101 Å². The van der Waals surface area contributed by atoms with Gasteiger partial charge in [0.25, 0.3) is 0 Å². The van der Waals surface area contributed by atoms with Crippen LogP contribution < -0.4 is 0 Å². The third-order valence-corrected chi connectivity index (χ3v) is 11.9. The highest BCUT2D eigenvalue weighted by Gasteiger charge is 2.37. The maximum Gasteiger partial charge on any atom is 0.160 e. The Morgan fingerprint density at radius 3 is 1.62 bits per heavy atom. The van der Waals surface area contributed by atoms with E-state index in [0.717, 1.165) is 33.9 Å². The standard InChI is InChI=1S/C53H36N2/c1-53(2)47-22-12-21-44(51(47)46-30-36-15-6-7-16-37(36)31-48(46)53)50-32-49(54-52(55-50)35-13-4-3-5-14-35)34-25-23-33(24-26-34)38-27-28-43-41-19-9-8-17-39(41)40-18-10-11-20-42(40)45(43)29-38/h3-32H,1-2H3. The van der Waals surface area contributed by atoms with E-state index in [4.69, 9.17) is 9.97 Å². The second-order valence-electron chi connectivity index (χ2n) is 15.4. The maximum atomic E-state index is 5.29. The largest absolute Gasteiger partial charge is 0.228 e. The van der Waals surface area contributed by atoms with Crippen LogP contribution in [0, 0.1) is 0 Å². The molecule has 0 spiro atoms. The number of fused-ring (bicyclic) bond motifs is 10. The minimum atomic E-state index is -0.138. The molecule has 11 rings (SSSR count). The third kappa shape index (κ3) is 4.95. The Kier molecular flexibility index (Phi) is 6.93. The Morgan fingerprint density at radius 2 is 0.909 bits per heavy atom. The highest BCUT2D eigenvalue weighted by Crippen LogP contribution is 2.53. The number of aromatic nitrogens is 2. The van der Waals surface area contributed by atoms with Gasteiger partial charge in [-0.3, -0.25) is 0 Å². The lowest BCUT2D eigenvalue weighted by Crippen LogP contribution is -2.14. The molecule has 0 N–H and O–H groups in total. The number of rotatable bonds is 4. The zero-order valence-corrected chi connectivity index (χ0v) is 30.7. The second-order valence-corrected chi connectivity index (χ2v) is 15.4. The number of hydrogen-bond acceptors (Lipinski definition) is 2. The van der Waals surface area contributed by atoms with Crippen LogP contribution in [-0.4, -0.2) is 9.97 Å². The van der Waals surface area contributed by atoms with Crippen molar-refractivity contribution in [2.24, 2.45) is 0 Å². The molecular formula is C53H36N2. The summed E-state index contributed by atoms with van der Waals surface area (Å²) in [5.41, 5.74) is 12.5. The summed E-state index contributed by atoms with van der Waals surface area (Å²) < 4.78 is 0. The van der Waals surface area contributed by atoms with Crippen LogP contribution in [0.3, 0.4) is 0 Å². The van der Waals surface area contributed by atoms with E-state index >= 15 is 0 Å². The molecule has 0 amide bonds. The Bertz CT molecular complexity index is 3120. The molecule has 9 aromatic carbocycles. The zero-order chi connectivity index (χ0) is 36.7. The second kappa shape index (κ2) is 12.1. The quantitative estimate of drug-likeness (QED) is 0.171. The van der Waals surface area contributed by atoms with Crippen molar-refractivity contribution in [3.63, 3.8) is 0 Å². The molecule has 0 fully saturated rings. The highest BCUT2D eigenvalue weighted by atomic mass is 14.9.